The van der Waals surface area contributed by atoms with Crippen LogP contribution in [0.25, 0.3) is 0 Å². The summed E-state index contributed by atoms with van der Waals surface area (Å²) in [6, 6.07) is 6.90. The first-order chi connectivity index (χ1) is 8.45. The lowest BCUT2D eigenvalue weighted by molar-refractivity contribution is 0.584. The fourth-order valence-corrected chi connectivity index (χ4v) is 2.77. The summed E-state index contributed by atoms with van der Waals surface area (Å²) in [6.45, 7) is 5.38. The molecule has 0 atom stereocenters. The average Bonchev–Trinajstić information content (AvgIpc) is 3.06. The number of hydrogen-bond acceptors (Lipinski definition) is 3. The molecule has 2 N–H and O–H groups in total. The predicted molar refractivity (Wildman–Crippen MR) is 73.1 cm³/mol. The zero-order chi connectivity index (χ0) is 13.2. The Kier molecular flexibility index (Phi) is 3.64. The van der Waals surface area contributed by atoms with Crippen LogP contribution in [0.15, 0.2) is 29.2 Å². The molecule has 0 bridgehead atoms. The molecule has 1 aromatic rings. The van der Waals surface area contributed by atoms with E-state index in [2.05, 4.69) is 17.0 Å². The van der Waals surface area contributed by atoms with Gasteiger partial charge in [0.1, 0.15) is 0 Å². The van der Waals surface area contributed by atoms with Crippen LogP contribution in [0.5, 0.6) is 0 Å². The molecule has 0 spiro atoms. The molecular formula is C13H20N2O2S. The number of sulfonamides is 1. The molecule has 0 saturated heterocycles. The fourth-order valence-electron chi connectivity index (χ4n) is 1.73. The highest BCUT2D eigenvalue weighted by molar-refractivity contribution is 7.89. The molecule has 1 saturated carbocycles. The zero-order valence-corrected chi connectivity index (χ0v) is 11.7. The van der Waals surface area contributed by atoms with Gasteiger partial charge in [0.25, 0.3) is 0 Å². The monoisotopic (exact) mass is 268 g/mol. The summed E-state index contributed by atoms with van der Waals surface area (Å²) in [5, 5.41) is 3.34. The summed E-state index contributed by atoms with van der Waals surface area (Å²) < 4.78 is 26.0. The Morgan fingerprint density at radius 1 is 1.22 bits per heavy atom. The summed E-state index contributed by atoms with van der Waals surface area (Å²) in [5.74, 6) is 0. The van der Waals surface area contributed by atoms with Crippen molar-refractivity contribution in [2.75, 3.05) is 18.4 Å². The second-order valence-corrected chi connectivity index (χ2v) is 6.96. The van der Waals surface area contributed by atoms with Gasteiger partial charge in [-0.15, -0.1) is 0 Å². The van der Waals surface area contributed by atoms with Gasteiger partial charge in [0.05, 0.1) is 4.90 Å². The van der Waals surface area contributed by atoms with Crippen LogP contribution in [-0.4, -0.2) is 21.5 Å². The van der Waals surface area contributed by atoms with E-state index in [1.807, 2.05) is 12.1 Å². The average molecular weight is 268 g/mol. The maximum absolute atomic E-state index is 11.7. The summed E-state index contributed by atoms with van der Waals surface area (Å²) >= 11 is 0. The molecule has 0 unspecified atom stereocenters. The van der Waals surface area contributed by atoms with Gasteiger partial charge in [-0.2, -0.15) is 0 Å². The van der Waals surface area contributed by atoms with Crippen molar-refractivity contribution in [3.63, 3.8) is 0 Å². The van der Waals surface area contributed by atoms with Crippen molar-refractivity contribution in [2.24, 2.45) is 5.41 Å². The highest BCUT2D eigenvalue weighted by Crippen LogP contribution is 2.44. The Bertz CT molecular complexity index is 504. The quantitative estimate of drug-likeness (QED) is 0.831. The first-order valence-corrected chi connectivity index (χ1v) is 7.77. The van der Waals surface area contributed by atoms with Gasteiger partial charge in [0.15, 0.2) is 0 Å². The molecule has 1 aromatic carbocycles. The second-order valence-electron chi connectivity index (χ2n) is 5.19. The minimum atomic E-state index is -3.34. The molecule has 18 heavy (non-hydrogen) atoms. The van der Waals surface area contributed by atoms with E-state index in [1.165, 1.54) is 12.8 Å². The molecular weight excluding hydrogens is 248 g/mol. The van der Waals surface area contributed by atoms with Crippen molar-refractivity contribution in [3.8, 4) is 0 Å². The van der Waals surface area contributed by atoms with Crippen molar-refractivity contribution < 1.29 is 8.42 Å². The molecule has 0 aromatic heterocycles. The maximum Gasteiger partial charge on any atom is 0.240 e. The topological polar surface area (TPSA) is 58.2 Å². The van der Waals surface area contributed by atoms with Crippen LogP contribution in [0.1, 0.15) is 26.7 Å². The highest BCUT2D eigenvalue weighted by atomic mass is 32.2. The largest absolute Gasteiger partial charge is 0.384 e. The molecule has 0 radical (unpaired) electrons. The maximum atomic E-state index is 11.7. The first-order valence-electron chi connectivity index (χ1n) is 6.29. The number of rotatable bonds is 6. The molecule has 0 amide bonds. The molecule has 2 rings (SSSR count). The lowest BCUT2D eigenvalue weighted by Gasteiger charge is -2.12. The smallest absolute Gasteiger partial charge is 0.240 e. The van der Waals surface area contributed by atoms with E-state index in [-0.39, 0.29) is 0 Å². The normalized spacial score (nSPS) is 17.4. The van der Waals surface area contributed by atoms with Gasteiger partial charge in [-0.05, 0) is 42.5 Å². The molecule has 100 valence electrons. The number of hydrogen-bond donors (Lipinski definition) is 2. The Morgan fingerprint density at radius 2 is 1.83 bits per heavy atom. The van der Waals surface area contributed by atoms with Crippen LogP contribution in [0.3, 0.4) is 0 Å². The van der Waals surface area contributed by atoms with Gasteiger partial charge in [-0.25, -0.2) is 13.1 Å². The lowest BCUT2D eigenvalue weighted by atomic mass is 10.1. The van der Waals surface area contributed by atoms with Crippen molar-refractivity contribution in [1.82, 2.24) is 4.72 Å². The minimum Gasteiger partial charge on any atom is -0.384 e. The first kappa shape index (κ1) is 13.4. The van der Waals surface area contributed by atoms with Gasteiger partial charge in [0, 0.05) is 18.8 Å². The van der Waals surface area contributed by atoms with Gasteiger partial charge in [0.2, 0.25) is 10.0 Å². The SMILES string of the molecule is CCNS(=O)(=O)c1ccc(NCC2(C)CC2)cc1. The van der Waals surface area contributed by atoms with Crippen molar-refractivity contribution in [1.29, 1.82) is 0 Å². The van der Waals surface area contributed by atoms with Crippen LogP contribution in [0.4, 0.5) is 5.69 Å². The van der Waals surface area contributed by atoms with E-state index in [4.69, 9.17) is 0 Å². The Balaban J connectivity index is 2.01. The van der Waals surface area contributed by atoms with E-state index in [9.17, 15) is 8.42 Å². The van der Waals surface area contributed by atoms with Crippen LogP contribution in [0, 0.1) is 5.41 Å². The summed E-state index contributed by atoms with van der Waals surface area (Å²) in [6.07, 6.45) is 2.54. The molecule has 4 nitrogen and oxygen atoms in total. The lowest BCUT2D eigenvalue weighted by Crippen LogP contribution is -2.23. The van der Waals surface area contributed by atoms with Gasteiger partial charge in [-0.1, -0.05) is 13.8 Å². The third-order valence-corrected chi connectivity index (χ3v) is 4.88. The van der Waals surface area contributed by atoms with E-state index in [0.29, 0.717) is 16.9 Å². The van der Waals surface area contributed by atoms with Crippen molar-refractivity contribution in [3.05, 3.63) is 24.3 Å². The van der Waals surface area contributed by atoms with Crippen molar-refractivity contribution in [2.45, 2.75) is 31.6 Å². The van der Waals surface area contributed by atoms with Crippen LogP contribution in [0.2, 0.25) is 0 Å². The summed E-state index contributed by atoms with van der Waals surface area (Å²) in [7, 11) is -3.34. The highest BCUT2D eigenvalue weighted by Gasteiger charge is 2.36. The Labute approximate surface area is 109 Å². The van der Waals surface area contributed by atoms with Gasteiger partial charge < -0.3 is 5.32 Å². The van der Waals surface area contributed by atoms with Gasteiger partial charge >= 0.3 is 0 Å². The number of benzene rings is 1. The Hall–Kier alpha value is -1.07. The molecule has 1 aliphatic carbocycles. The number of anilines is 1. The minimum absolute atomic E-state index is 0.313. The van der Waals surface area contributed by atoms with Crippen molar-refractivity contribution >= 4 is 15.7 Å². The van der Waals surface area contributed by atoms with E-state index < -0.39 is 10.0 Å². The number of nitrogens with one attached hydrogen (secondary N) is 2. The van der Waals surface area contributed by atoms with Gasteiger partial charge in [-0.3, -0.25) is 0 Å². The summed E-state index contributed by atoms with van der Waals surface area (Å²) in [4.78, 5) is 0.313. The Morgan fingerprint density at radius 3 is 2.33 bits per heavy atom. The zero-order valence-electron chi connectivity index (χ0n) is 10.9. The van der Waals surface area contributed by atoms with Crippen LogP contribution in [-0.2, 0) is 10.0 Å². The molecule has 1 fully saturated rings. The predicted octanol–water partition coefficient (Wildman–Crippen LogP) is 2.20. The van der Waals surface area contributed by atoms with E-state index in [1.54, 1.807) is 19.1 Å². The van der Waals surface area contributed by atoms with E-state index in [0.717, 1.165) is 12.2 Å². The molecule has 0 aliphatic heterocycles. The third kappa shape index (κ3) is 3.23. The van der Waals surface area contributed by atoms with E-state index >= 15 is 0 Å². The second kappa shape index (κ2) is 4.90. The third-order valence-electron chi connectivity index (χ3n) is 3.32. The molecule has 0 heterocycles. The van der Waals surface area contributed by atoms with Crippen LogP contribution >= 0.6 is 0 Å². The van der Waals surface area contributed by atoms with Crippen LogP contribution < -0.4 is 10.0 Å². The molecule has 5 heteroatoms. The fraction of sp³-hybridized carbons (Fsp3) is 0.538. The molecule has 1 aliphatic rings. The standard InChI is InChI=1S/C13H20N2O2S/c1-3-15-18(16,17)12-6-4-11(5-7-12)14-10-13(2)8-9-13/h4-7,14-15H,3,8-10H2,1-2H3. The summed E-state index contributed by atoms with van der Waals surface area (Å²) in [5.41, 5.74) is 1.41.